The van der Waals surface area contributed by atoms with E-state index in [1.54, 1.807) is 0 Å². The molecule has 0 saturated heterocycles. The lowest BCUT2D eigenvalue weighted by atomic mass is 9.95. The second-order valence-corrected chi connectivity index (χ2v) is 4.49. The molecule has 1 aliphatic rings. The lowest BCUT2D eigenvalue weighted by Gasteiger charge is -2.12. The highest BCUT2D eigenvalue weighted by Gasteiger charge is 2.53. The smallest absolute Gasteiger partial charge is 0.314 e. The van der Waals surface area contributed by atoms with Gasteiger partial charge in [0.25, 0.3) is 0 Å². The summed E-state index contributed by atoms with van der Waals surface area (Å²) in [7, 11) is 0. The minimum absolute atomic E-state index is 0.0370. The Morgan fingerprint density at radius 3 is 2.47 bits per heavy atom. The van der Waals surface area contributed by atoms with Crippen LogP contribution in [0, 0.1) is 11.6 Å². The van der Waals surface area contributed by atoms with Crippen LogP contribution < -0.4 is 0 Å². The summed E-state index contributed by atoms with van der Waals surface area (Å²) in [5, 5.41) is 8.96. The Hall–Kier alpha value is -0.970. The van der Waals surface area contributed by atoms with Crippen molar-refractivity contribution in [2.45, 2.75) is 18.3 Å². The summed E-state index contributed by atoms with van der Waals surface area (Å²) in [6, 6.07) is 1.94. The van der Waals surface area contributed by atoms with Crippen LogP contribution in [-0.4, -0.2) is 11.1 Å². The Bertz CT molecular complexity index is 441. The van der Waals surface area contributed by atoms with E-state index in [4.69, 9.17) is 5.11 Å². The van der Waals surface area contributed by atoms with Crippen molar-refractivity contribution in [2.75, 3.05) is 0 Å². The summed E-state index contributed by atoms with van der Waals surface area (Å²) in [6.45, 7) is 0. The Morgan fingerprint density at radius 2 is 2.00 bits per heavy atom. The van der Waals surface area contributed by atoms with Crippen LogP contribution in [0.4, 0.5) is 8.78 Å². The van der Waals surface area contributed by atoms with Crippen molar-refractivity contribution in [3.05, 3.63) is 33.8 Å². The van der Waals surface area contributed by atoms with Crippen LogP contribution in [0.3, 0.4) is 0 Å². The largest absolute Gasteiger partial charge is 0.481 e. The van der Waals surface area contributed by atoms with Gasteiger partial charge in [-0.3, -0.25) is 4.79 Å². The Morgan fingerprint density at radius 1 is 1.40 bits per heavy atom. The van der Waals surface area contributed by atoms with Crippen molar-refractivity contribution >= 4 is 21.9 Å². The molecule has 0 amide bonds. The van der Waals surface area contributed by atoms with Crippen molar-refractivity contribution in [1.29, 1.82) is 0 Å². The van der Waals surface area contributed by atoms with E-state index in [0.29, 0.717) is 12.8 Å². The molecule has 80 valence electrons. The molecular formula is C10H7BrF2O2. The van der Waals surface area contributed by atoms with Crippen LogP contribution >= 0.6 is 15.9 Å². The number of carboxylic acid groups (broad SMARTS) is 1. The van der Waals surface area contributed by atoms with E-state index in [-0.39, 0.29) is 10.0 Å². The van der Waals surface area contributed by atoms with Gasteiger partial charge in [-0.25, -0.2) is 8.78 Å². The van der Waals surface area contributed by atoms with Crippen molar-refractivity contribution in [3.8, 4) is 0 Å². The second kappa shape index (κ2) is 3.27. The van der Waals surface area contributed by atoms with Gasteiger partial charge in [0.05, 0.1) is 9.89 Å². The predicted octanol–water partition coefficient (Wildman–Crippen LogP) is 2.84. The molecule has 1 aliphatic carbocycles. The van der Waals surface area contributed by atoms with Gasteiger partial charge in [0.15, 0.2) is 0 Å². The van der Waals surface area contributed by atoms with Gasteiger partial charge in [-0.15, -0.1) is 0 Å². The minimum atomic E-state index is -1.21. The van der Waals surface area contributed by atoms with E-state index in [9.17, 15) is 13.6 Å². The molecule has 15 heavy (non-hydrogen) atoms. The molecule has 1 aromatic rings. The number of benzene rings is 1. The third-order valence-corrected chi connectivity index (χ3v) is 3.24. The number of carbonyl (C=O) groups is 1. The average Bonchev–Trinajstić information content (AvgIpc) is 2.91. The fourth-order valence-electron chi connectivity index (χ4n) is 1.63. The van der Waals surface area contributed by atoms with Crippen LogP contribution in [0.2, 0.25) is 0 Å². The normalized spacial score (nSPS) is 17.5. The Kier molecular flexibility index (Phi) is 2.30. The molecule has 0 atom stereocenters. The zero-order chi connectivity index (χ0) is 11.2. The van der Waals surface area contributed by atoms with Crippen molar-refractivity contribution in [1.82, 2.24) is 0 Å². The lowest BCUT2D eigenvalue weighted by molar-refractivity contribution is -0.140. The standard InChI is InChI=1S/C10H7BrF2O2/c11-7-4-5(12)3-6(8(7)13)10(1-2-10)9(14)15/h3-4H,1-2H2,(H,14,15). The van der Waals surface area contributed by atoms with Gasteiger partial charge in [0.1, 0.15) is 11.6 Å². The molecule has 0 radical (unpaired) electrons. The van der Waals surface area contributed by atoms with E-state index in [1.807, 2.05) is 0 Å². The van der Waals surface area contributed by atoms with Gasteiger partial charge in [0, 0.05) is 5.56 Å². The van der Waals surface area contributed by atoms with Crippen molar-refractivity contribution in [2.24, 2.45) is 0 Å². The van der Waals surface area contributed by atoms with Crippen molar-refractivity contribution < 1.29 is 18.7 Å². The summed E-state index contributed by atoms with van der Waals surface area (Å²) in [6.07, 6.45) is 0.713. The van der Waals surface area contributed by atoms with E-state index in [2.05, 4.69) is 15.9 Å². The van der Waals surface area contributed by atoms with Gasteiger partial charge in [-0.05, 0) is 40.9 Å². The SMILES string of the molecule is O=C(O)C1(c2cc(F)cc(Br)c2F)CC1. The number of hydrogen-bond donors (Lipinski definition) is 1. The third kappa shape index (κ3) is 1.55. The molecule has 0 spiro atoms. The molecule has 1 N–H and O–H groups in total. The monoisotopic (exact) mass is 276 g/mol. The maximum absolute atomic E-state index is 13.6. The Labute approximate surface area is 93.0 Å². The quantitative estimate of drug-likeness (QED) is 0.844. The molecule has 0 heterocycles. The molecule has 0 aromatic heterocycles. The number of halogens is 3. The zero-order valence-corrected chi connectivity index (χ0v) is 9.14. The zero-order valence-electron chi connectivity index (χ0n) is 7.56. The van der Waals surface area contributed by atoms with Crippen LogP contribution in [0.25, 0.3) is 0 Å². The third-order valence-electron chi connectivity index (χ3n) is 2.67. The number of carboxylic acids is 1. The molecule has 0 bridgehead atoms. The summed E-state index contributed by atoms with van der Waals surface area (Å²) in [5.74, 6) is -2.42. The first-order valence-electron chi connectivity index (χ1n) is 4.36. The molecule has 1 aromatic carbocycles. The van der Waals surface area contributed by atoms with E-state index in [0.717, 1.165) is 12.1 Å². The maximum Gasteiger partial charge on any atom is 0.314 e. The Balaban J connectivity index is 2.58. The van der Waals surface area contributed by atoms with E-state index >= 15 is 0 Å². The number of rotatable bonds is 2. The van der Waals surface area contributed by atoms with Crippen LogP contribution in [0.15, 0.2) is 16.6 Å². The summed E-state index contributed by atoms with van der Waals surface area (Å²) < 4.78 is 26.6. The van der Waals surface area contributed by atoms with Gasteiger partial charge < -0.3 is 5.11 Å². The average molecular weight is 277 g/mol. The highest BCUT2D eigenvalue weighted by Crippen LogP contribution is 2.50. The molecular weight excluding hydrogens is 270 g/mol. The second-order valence-electron chi connectivity index (χ2n) is 3.64. The first-order chi connectivity index (χ1) is 6.97. The highest BCUT2D eigenvalue weighted by molar-refractivity contribution is 9.10. The first kappa shape index (κ1) is 10.5. The number of aliphatic carboxylic acids is 1. The fourth-order valence-corrected chi connectivity index (χ4v) is 2.06. The number of hydrogen-bond acceptors (Lipinski definition) is 1. The lowest BCUT2D eigenvalue weighted by Crippen LogP contribution is -2.21. The molecule has 0 aliphatic heterocycles. The fraction of sp³-hybridized carbons (Fsp3) is 0.300. The predicted molar refractivity (Wildman–Crippen MR) is 52.6 cm³/mol. The summed E-state index contributed by atoms with van der Waals surface area (Å²) >= 11 is 2.86. The van der Waals surface area contributed by atoms with Crippen molar-refractivity contribution in [3.63, 3.8) is 0 Å². The molecule has 2 nitrogen and oxygen atoms in total. The van der Waals surface area contributed by atoms with Gasteiger partial charge >= 0.3 is 5.97 Å². The summed E-state index contributed by atoms with van der Waals surface area (Å²) in [4.78, 5) is 11.0. The summed E-state index contributed by atoms with van der Waals surface area (Å²) in [5.41, 5.74) is -1.28. The van der Waals surface area contributed by atoms with Gasteiger partial charge in [0.2, 0.25) is 0 Å². The molecule has 1 fully saturated rings. The van der Waals surface area contributed by atoms with E-state index in [1.165, 1.54) is 0 Å². The highest BCUT2D eigenvalue weighted by atomic mass is 79.9. The van der Waals surface area contributed by atoms with Crippen LogP contribution in [0.5, 0.6) is 0 Å². The molecule has 5 heteroatoms. The van der Waals surface area contributed by atoms with Crippen LogP contribution in [-0.2, 0) is 10.2 Å². The molecule has 0 unspecified atom stereocenters. The van der Waals surface area contributed by atoms with Crippen LogP contribution in [0.1, 0.15) is 18.4 Å². The maximum atomic E-state index is 13.6. The van der Waals surface area contributed by atoms with E-state index < -0.39 is 23.0 Å². The minimum Gasteiger partial charge on any atom is -0.481 e. The van der Waals surface area contributed by atoms with Gasteiger partial charge in [-0.1, -0.05) is 0 Å². The van der Waals surface area contributed by atoms with Gasteiger partial charge in [-0.2, -0.15) is 0 Å². The first-order valence-corrected chi connectivity index (χ1v) is 5.15. The molecule has 1 saturated carbocycles. The molecule has 2 rings (SSSR count). The topological polar surface area (TPSA) is 37.3 Å².